The van der Waals surface area contributed by atoms with Gasteiger partial charge in [0.15, 0.2) is 0 Å². The third-order valence-electron chi connectivity index (χ3n) is 9.00. The van der Waals surface area contributed by atoms with Crippen molar-refractivity contribution in [3.8, 4) is 5.75 Å². The number of amides is 2. The minimum Gasteiger partial charge on any atom is -0.496 e. The Hall–Kier alpha value is -3.12. The van der Waals surface area contributed by atoms with E-state index in [1.165, 1.54) is 18.7 Å². The maximum atomic E-state index is 14.9. The predicted octanol–water partition coefficient (Wildman–Crippen LogP) is 2.38. The van der Waals surface area contributed by atoms with E-state index in [1.54, 1.807) is 19.2 Å². The lowest BCUT2D eigenvalue weighted by Crippen LogP contribution is -2.57. The topological polar surface area (TPSA) is 117 Å². The number of nitrogens with one attached hydrogen (secondary N) is 4. The minimum absolute atomic E-state index is 0.0569. The largest absolute Gasteiger partial charge is 0.496 e. The molecule has 1 saturated carbocycles. The molecule has 4 N–H and O–H groups in total. The minimum atomic E-state index is -0.449. The van der Waals surface area contributed by atoms with Gasteiger partial charge in [0.2, 0.25) is 11.8 Å². The molecule has 1 aromatic carbocycles. The van der Waals surface area contributed by atoms with Gasteiger partial charge >= 0.3 is 0 Å². The average molecular weight is 583 g/mol. The number of carbonyl (C=O) groups excluding carboxylic acids is 2. The van der Waals surface area contributed by atoms with E-state index in [2.05, 4.69) is 32.5 Å². The van der Waals surface area contributed by atoms with Crippen molar-refractivity contribution in [2.24, 2.45) is 11.8 Å². The van der Waals surface area contributed by atoms with Gasteiger partial charge in [-0.1, -0.05) is 6.07 Å². The van der Waals surface area contributed by atoms with E-state index in [4.69, 9.17) is 9.47 Å². The molecule has 2 amide bonds. The van der Waals surface area contributed by atoms with Gasteiger partial charge in [-0.25, -0.2) is 9.82 Å². The van der Waals surface area contributed by atoms with Crippen molar-refractivity contribution in [2.75, 3.05) is 33.9 Å². The molecule has 2 aromatic rings. The number of benzene rings is 1. The number of hydrogen-bond donors (Lipinski definition) is 4. The molecule has 3 heterocycles. The summed E-state index contributed by atoms with van der Waals surface area (Å²) in [7, 11) is 3.10. The van der Waals surface area contributed by atoms with Crippen molar-refractivity contribution in [3.63, 3.8) is 0 Å². The number of aryl methyl sites for hydroxylation is 1. The molecule has 3 fully saturated rings. The van der Waals surface area contributed by atoms with Gasteiger partial charge in [-0.05, 0) is 74.8 Å². The third-order valence-corrected chi connectivity index (χ3v) is 9.00. The van der Waals surface area contributed by atoms with Crippen LogP contribution in [0, 0.1) is 24.6 Å². The van der Waals surface area contributed by atoms with E-state index in [9.17, 15) is 14.0 Å². The van der Waals surface area contributed by atoms with E-state index in [0.717, 1.165) is 25.0 Å². The molecule has 1 aliphatic carbocycles. The Balaban J connectivity index is 1.25. The second kappa shape index (κ2) is 13.9. The molecule has 11 heteroatoms. The lowest BCUT2D eigenvalue weighted by molar-refractivity contribution is -0.130. The van der Waals surface area contributed by atoms with Crippen molar-refractivity contribution in [2.45, 2.75) is 69.7 Å². The summed E-state index contributed by atoms with van der Waals surface area (Å²) in [6.07, 6.45) is 5.58. The zero-order valence-electron chi connectivity index (χ0n) is 24.7. The Bertz CT molecular complexity index is 1250. The maximum Gasteiger partial charge on any atom is 0.237 e. The van der Waals surface area contributed by atoms with E-state index < -0.39 is 6.04 Å². The summed E-state index contributed by atoms with van der Waals surface area (Å²) in [5, 5.41) is 6.22. The van der Waals surface area contributed by atoms with Crippen molar-refractivity contribution < 1.29 is 23.5 Å². The number of hydrazine groups is 1. The van der Waals surface area contributed by atoms with Crippen LogP contribution in [0.2, 0.25) is 0 Å². The van der Waals surface area contributed by atoms with Crippen LogP contribution in [0.1, 0.15) is 55.0 Å². The number of nitrogens with zero attached hydrogens (tertiary/aromatic N) is 2. The van der Waals surface area contributed by atoms with Crippen molar-refractivity contribution in [1.29, 1.82) is 0 Å². The molecule has 2 saturated heterocycles. The summed E-state index contributed by atoms with van der Waals surface area (Å²) in [4.78, 5) is 33.0. The summed E-state index contributed by atoms with van der Waals surface area (Å²) in [5.74, 6) is 0.203. The number of aromatic nitrogens is 1. The van der Waals surface area contributed by atoms with E-state index in [0.29, 0.717) is 55.8 Å². The molecule has 0 radical (unpaired) electrons. The molecular weight excluding hydrogens is 539 g/mol. The molecular formula is C31H43FN6O4. The fourth-order valence-corrected chi connectivity index (χ4v) is 6.82. The summed E-state index contributed by atoms with van der Waals surface area (Å²) in [6, 6.07) is 8.74. The van der Waals surface area contributed by atoms with Crippen molar-refractivity contribution >= 4 is 11.8 Å². The van der Waals surface area contributed by atoms with Crippen LogP contribution in [0.15, 0.2) is 36.5 Å². The van der Waals surface area contributed by atoms with E-state index in [1.807, 2.05) is 24.1 Å². The fraction of sp³-hybridized carbons (Fsp3) is 0.581. The first kappa shape index (κ1) is 30.3. The van der Waals surface area contributed by atoms with Gasteiger partial charge in [0.1, 0.15) is 11.6 Å². The quantitative estimate of drug-likeness (QED) is 0.316. The first-order valence-corrected chi connectivity index (χ1v) is 14.9. The number of hydrogen-bond acceptors (Lipinski definition) is 8. The summed E-state index contributed by atoms with van der Waals surface area (Å²) in [6.45, 7) is 3.43. The van der Waals surface area contributed by atoms with Crippen LogP contribution in [-0.4, -0.2) is 73.7 Å². The van der Waals surface area contributed by atoms with Crippen molar-refractivity contribution in [1.82, 2.24) is 31.4 Å². The molecule has 5 rings (SSSR count). The SMILES string of the molecule is COCCNC(=O)[C@@H]1CC[C@@H](NC(=O)C2CCC3NNC(c4ccnc(C)c4)C3C2)CN1Cc1c(F)cccc1OC. The molecule has 6 atom stereocenters. The van der Waals surface area contributed by atoms with Crippen LogP contribution < -0.4 is 26.2 Å². The molecule has 3 aliphatic rings. The van der Waals surface area contributed by atoms with Gasteiger partial charge in [0.25, 0.3) is 0 Å². The average Bonchev–Trinajstić information content (AvgIpc) is 3.42. The van der Waals surface area contributed by atoms with Crippen LogP contribution in [-0.2, 0) is 20.9 Å². The highest BCUT2D eigenvalue weighted by Gasteiger charge is 2.43. The predicted molar refractivity (Wildman–Crippen MR) is 156 cm³/mol. The Morgan fingerprint density at radius 1 is 1.12 bits per heavy atom. The lowest BCUT2D eigenvalue weighted by atomic mass is 9.74. The molecule has 10 nitrogen and oxygen atoms in total. The number of carbonyl (C=O) groups is 2. The number of pyridine rings is 1. The Labute approximate surface area is 247 Å². The van der Waals surface area contributed by atoms with Gasteiger partial charge in [-0.15, -0.1) is 0 Å². The Morgan fingerprint density at radius 3 is 2.76 bits per heavy atom. The van der Waals surface area contributed by atoms with Gasteiger partial charge < -0.3 is 20.1 Å². The van der Waals surface area contributed by atoms with Gasteiger partial charge in [0.05, 0.1) is 25.8 Å². The van der Waals surface area contributed by atoms with E-state index in [-0.39, 0.29) is 42.2 Å². The molecule has 228 valence electrons. The smallest absolute Gasteiger partial charge is 0.237 e. The maximum absolute atomic E-state index is 14.9. The van der Waals surface area contributed by atoms with E-state index >= 15 is 0 Å². The van der Waals surface area contributed by atoms with Crippen LogP contribution in [0.5, 0.6) is 5.75 Å². The van der Waals surface area contributed by atoms with Gasteiger partial charge in [-0.3, -0.25) is 24.9 Å². The second-order valence-electron chi connectivity index (χ2n) is 11.7. The van der Waals surface area contributed by atoms with Crippen molar-refractivity contribution in [3.05, 3.63) is 59.2 Å². The molecule has 0 bridgehead atoms. The Morgan fingerprint density at radius 2 is 1.98 bits per heavy atom. The van der Waals surface area contributed by atoms with Crippen LogP contribution in [0.3, 0.4) is 0 Å². The third kappa shape index (κ3) is 6.91. The summed E-state index contributed by atoms with van der Waals surface area (Å²) < 4.78 is 25.4. The number of ether oxygens (including phenoxy) is 2. The number of piperidine rings is 1. The van der Waals surface area contributed by atoms with Gasteiger partial charge in [0, 0.05) is 62.2 Å². The highest BCUT2D eigenvalue weighted by atomic mass is 19.1. The molecule has 1 aromatic heterocycles. The first-order chi connectivity index (χ1) is 20.4. The molecule has 42 heavy (non-hydrogen) atoms. The van der Waals surface area contributed by atoms with Crippen LogP contribution >= 0.6 is 0 Å². The van der Waals surface area contributed by atoms with Crippen LogP contribution in [0.25, 0.3) is 0 Å². The number of likely N-dealkylation sites (tertiary alicyclic amines) is 1. The normalized spacial score (nSPS) is 27.7. The highest BCUT2D eigenvalue weighted by Crippen LogP contribution is 2.40. The monoisotopic (exact) mass is 582 g/mol. The van der Waals surface area contributed by atoms with Crippen LogP contribution in [0.4, 0.5) is 4.39 Å². The Kier molecular flexibility index (Phi) is 10.0. The second-order valence-corrected chi connectivity index (χ2v) is 11.7. The number of halogens is 1. The number of rotatable bonds is 10. The van der Waals surface area contributed by atoms with Gasteiger partial charge in [-0.2, -0.15) is 0 Å². The highest BCUT2D eigenvalue weighted by molar-refractivity contribution is 5.82. The summed E-state index contributed by atoms with van der Waals surface area (Å²) >= 11 is 0. The number of methoxy groups -OCH3 is 2. The fourth-order valence-electron chi connectivity index (χ4n) is 6.82. The standard InChI is InChI=1S/C31H43FN6O4/c1-19-15-20(11-12-33-19)29-23-16-21(7-9-26(23)36-37-29)30(39)35-22-8-10-27(31(40)34-13-14-41-2)38(17-22)18-24-25(32)5-4-6-28(24)42-3/h4-6,11-12,15,21-23,26-27,29,36-37H,7-10,13-14,16-18H2,1-3H3,(H,34,40)(H,35,39)/t21?,22-,23?,26?,27+,29?/m1/s1. The lowest BCUT2D eigenvalue weighted by Gasteiger charge is -2.40. The zero-order valence-corrected chi connectivity index (χ0v) is 24.7. The molecule has 0 spiro atoms. The first-order valence-electron chi connectivity index (χ1n) is 14.9. The zero-order chi connectivity index (χ0) is 29.6. The summed E-state index contributed by atoms with van der Waals surface area (Å²) in [5.41, 5.74) is 9.47. The molecule has 4 unspecified atom stereocenters. The molecule has 2 aliphatic heterocycles. The number of fused-ring (bicyclic) bond motifs is 1.